The Hall–Kier alpha value is 1.19. The normalized spacial score (nSPS) is 25.6. The summed E-state index contributed by atoms with van der Waals surface area (Å²) in [6.45, 7) is 6.45. The van der Waals surface area contributed by atoms with Gasteiger partial charge in [0.25, 0.3) is 0 Å². The Morgan fingerprint density at radius 3 is 1.81 bits per heavy atom. The van der Waals surface area contributed by atoms with Crippen molar-refractivity contribution in [2.24, 2.45) is 0 Å². The van der Waals surface area contributed by atoms with E-state index < -0.39 is 5.60 Å². The number of ketones is 1. The molecule has 4 fully saturated rings. The molecule has 0 aliphatic carbocycles. The standard InChI is InChI=1S/C8H16N2O.C6H13N.C3H5NO.H4P2.2H3P/c11-8(5-9-6-8)7-3-1-2-4-10-7;1-7-5-3-2-4-6-7;5-3-1-4-2-3;1-2;;/h7,9-11H,1-6H2;2-6H2,1H3;4H,1-2H2;1-2H2;2*1H3. The van der Waals surface area contributed by atoms with Crippen molar-refractivity contribution in [3.63, 3.8) is 0 Å². The van der Waals surface area contributed by atoms with E-state index in [4.69, 9.17) is 0 Å². The van der Waals surface area contributed by atoms with Gasteiger partial charge in [0.2, 0.25) is 0 Å². The van der Waals surface area contributed by atoms with Gasteiger partial charge in [-0.15, -0.1) is 17.9 Å². The third-order valence-electron chi connectivity index (χ3n) is 5.05. The van der Waals surface area contributed by atoms with Gasteiger partial charge in [0.05, 0.1) is 13.1 Å². The SMILES string of the molecule is CN1CCCCC1.O=C1CNC1.OC1(C2CCCCN2)CNC1.P.P.PP. The molecule has 0 spiro atoms. The van der Waals surface area contributed by atoms with Gasteiger partial charge in [-0.05, 0) is 52.4 Å². The quantitative estimate of drug-likeness (QED) is 0.427. The zero-order chi connectivity index (χ0) is 18.5. The van der Waals surface area contributed by atoms with Gasteiger partial charge in [-0.2, -0.15) is 19.8 Å². The molecule has 6 nitrogen and oxygen atoms in total. The molecule has 4 saturated heterocycles. The first kappa shape index (κ1) is 30.4. The van der Waals surface area contributed by atoms with E-state index in [0.717, 1.165) is 26.1 Å². The molecule has 164 valence electrons. The van der Waals surface area contributed by atoms with Crippen molar-refractivity contribution in [1.29, 1.82) is 0 Å². The third kappa shape index (κ3) is 12.5. The molecule has 5 unspecified atom stereocenters. The summed E-state index contributed by atoms with van der Waals surface area (Å²) in [4.78, 5) is 12.2. The molecule has 5 atom stereocenters. The molecule has 4 N–H and O–H groups in total. The summed E-state index contributed by atoms with van der Waals surface area (Å²) in [5, 5.41) is 19.2. The summed E-state index contributed by atoms with van der Waals surface area (Å²) in [7, 11) is 6.86. The molecule has 0 aromatic heterocycles. The number of likely N-dealkylation sites (tertiary alicyclic amines) is 1. The minimum Gasteiger partial charge on any atom is -0.386 e. The molecule has 4 heterocycles. The predicted octanol–water partition coefficient (Wildman–Crippen LogP) is 0.491. The Balaban J connectivity index is 0. The van der Waals surface area contributed by atoms with Crippen molar-refractivity contribution in [3.8, 4) is 0 Å². The number of hydrogen-bond donors (Lipinski definition) is 4. The zero-order valence-electron chi connectivity index (χ0n) is 17.1. The lowest BCUT2D eigenvalue weighted by molar-refractivity contribution is -0.121. The van der Waals surface area contributed by atoms with Gasteiger partial charge in [0.15, 0.2) is 5.78 Å². The fraction of sp³-hybridized carbons (Fsp3) is 0.941. The summed E-state index contributed by atoms with van der Waals surface area (Å²) in [5.41, 5.74) is -0.430. The number of Topliss-reactive ketones (excluding diaryl/α,β-unsaturated/α-hetero) is 1. The van der Waals surface area contributed by atoms with E-state index in [2.05, 4.69) is 45.8 Å². The van der Waals surface area contributed by atoms with E-state index in [0.29, 0.717) is 24.9 Å². The second kappa shape index (κ2) is 18.0. The summed E-state index contributed by atoms with van der Waals surface area (Å²) in [5.74, 6) is 0.324. The van der Waals surface area contributed by atoms with Gasteiger partial charge in [-0.1, -0.05) is 12.8 Å². The number of aliphatic hydroxyl groups is 1. The van der Waals surface area contributed by atoms with Crippen LogP contribution in [0.1, 0.15) is 38.5 Å². The maximum atomic E-state index is 9.91. The van der Waals surface area contributed by atoms with Gasteiger partial charge in [-0.3, -0.25) is 4.79 Å². The molecule has 4 aliphatic heterocycles. The Kier molecular flexibility index (Phi) is 20.3. The monoisotopic (exact) mass is 460 g/mol. The summed E-state index contributed by atoms with van der Waals surface area (Å²) >= 11 is 0. The average Bonchev–Trinajstić information content (AvgIpc) is 2.62. The van der Waals surface area contributed by atoms with E-state index in [-0.39, 0.29) is 19.8 Å². The minimum atomic E-state index is -0.430. The molecule has 0 bridgehead atoms. The summed E-state index contributed by atoms with van der Waals surface area (Å²) in [6, 6.07) is 0.345. The maximum Gasteiger partial charge on any atom is 0.160 e. The molecule has 0 saturated carbocycles. The Morgan fingerprint density at radius 2 is 1.56 bits per heavy atom. The molecule has 0 amide bonds. The van der Waals surface area contributed by atoms with Gasteiger partial charge in [0, 0.05) is 19.1 Å². The topological polar surface area (TPSA) is 76.6 Å². The van der Waals surface area contributed by atoms with Gasteiger partial charge in [-0.25, -0.2) is 0 Å². The van der Waals surface area contributed by atoms with Crippen LogP contribution < -0.4 is 16.0 Å². The second-order valence-electron chi connectivity index (χ2n) is 7.22. The number of carbonyl (C=O) groups excluding carboxylic acids is 1. The van der Waals surface area contributed by atoms with Crippen molar-refractivity contribution in [1.82, 2.24) is 20.9 Å². The van der Waals surface area contributed by atoms with Crippen LogP contribution in [-0.2, 0) is 4.79 Å². The fourth-order valence-electron chi connectivity index (χ4n) is 3.22. The number of nitrogens with zero attached hydrogens (tertiary/aromatic N) is 1. The van der Waals surface area contributed by atoms with Gasteiger partial charge < -0.3 is 26.0 Å². The number of piperidine rings is 2. The summed E-state index contributed by atoms with van der Waals surface area (Å²) < 4.78 is 0. The number of carbonyl (C=O) groups is 1. The van der Waals surface area contributed by atoms with Gasteiger partial charge >= 0.3 is 0 Å². The molecule has 0 aromatic carbocycles. The van der Waals surface area contributed by atoms with E-state index >= 15 is 0 Å². The minimum absolute atomic E-state index is 0. The van der Waals surface area contributed by atoms with Crippen LogP contribution in [0, 0.1) is 0 Å². The molecular weight excluding hydrogens is 416 g/mol. The zero-order valence-corrected chi connectivity index (χ0v) is 22.3. The van der Waals surface area contributed by atoms with Crippen molar-refractivity contribution in [2.75, 3.05) is 52.9 Å². The molecular formula is C17H44N4O2P4. The molecule has 10 heteroatoms. The first-order chi connectivity index (χ1) is 12.1. The van der Waals surface area contributed by atoms with Crippen molar-refractivity contribution >= 4 is 43.4 Å². The Morgan fingerprint density at radius 1 is 1.00 bits per heavy atom. The molecule has 27 heavy (non-hydrogen) atoms. The van der Waals surface area contributed by atoms with Crippen LogP contribution in [0.2, 0.25) is 0 Å². The smallest absolute Gasteiger partial charge is 0.160 e. The lowest BCUT2D eigenvalue weighted by Crippen LogP contribution is -2.69. The number of β-amino-alcohol motifs (C(OH)–C–C–N with tert-alkyl or cyclic N) is 1. The maximum absolute atomic E-state index is 9.91. The van der Waals surface area contributed by atoms with Crippen LogP contribution in [-0.4, -0.2) is 80.3 Å². The van der Waals surface area contributed by atoms with E-state index in [9.17, 15) is 9.90 Å². The Bertz CT molecular complexity index is 359. The van der Waals surface area contributed by atoms with Crippen LogP contribution in [0.25, 0.3) is 0 Å². The van der Waals surface area contributed by atoms with Gasteiger partial charge in [0.1, 0.15) is 5.60 Å². The first-order valence-electron chi connectivity index (χ1n) is 9.51. The van der Waals surface area contributed by atoms with Crippen molar-refractivity contribution in [2.45, 2.75) is 50.2 Å². The third-order valence-corrected chi connectivity index (χ3v) is 5.05. The fourth-order valence-corrected chi connectivity index (χ4v) is 3.22. The molecule has 4 rings (SSSR count). The first-order valence-corrected chi connectivity index (χ1v) is 12.2. The highest BCUT2D eigenvalue weighted by Gasteiger charge is 2.42. The van der Waals surface area contributed by atoms with E-state index in [1.165, 1.54) is 45.2 Å². The lowest BCUT2D eigenvalue weighted by atomic mass is 9.83. The highest BCUT2D eigenvalue weighted by atomic mass is 32.0. The predicted molar refractivity (Wildman–Crippen MR) is 134 cm³/mol. The number of hydrogen-bond acceptors (Lipinski definition) is 6. The van der Waals surface area contributed by atoms with Crippen LogP contribution in [0.4, 0.5) is 0 Å². The van der Waals surface area contributed by atoms with Crippen LogP contribution in [0.15, 0.2) is 0 Å². The van der Waals surface area contributed by atoms with Crippen LogP contribution in [0.3, 0.4) is 0 Å². The van der Waals surface area contributed by atoms with E-state index in [1.807, 2.05) is 0 Å². The molecule has 4 aliphatic rings. The number of rotatable bonds is 1. The van der Waals surface area contributed by atoms with Crippen molar-refractivity contribution < 1.29 is 9.90 Å². The summed E-state index contributed by atoms with van der Waals surface area (Å²) in [6.07, 6.45) is 7.94. The second-order valence-corrected chi connectivity index (χ2v) is 7.22. The largest absolute Gasteiger partial charge is 0.386 e. The van der Waals surface area contributed by atoms with E-state index in [1.54, 1.807) is 0 Å². The Labute approximate surface area is 177 Å². The van der Waals surface area contributed by atoms with Crippen molar-refractivity contribution in [3.05, 3.63) is 0 Å². The van der Waals surface area contributed by atoms with Crippen LogP contribution >= 0.6 is 37.7 Å². The average molecular weight is 460 g/mol. The van der Waals surface area contributed by atoms with Crippen LogP contribution in [0.5, 0.6) is 0 Å². The highest BCUT2D eigenvalue weighted by Crippen LogP contribution is 2.22. The molecule has 0 aromatic rings. The highest BCUT2D eigenvalue weighted by molar-refractivity contribution is 7.92. The lowest BCUT2D eigenvalue weighted by Gasteiger charge is -2.45. The number of nitrogens with one attached hydrogen (secondary N) is 3. The molecule has 0 radical (unpaired) electrons.